The molecule has 0 aromatic rings. The molecule has 0 fully saturated rings. The number of carbonyl (C=O) groups excluding carboxylic acids is 4. The molecule has 0 unspecified atom stereocenters. The zero-order valence-corrected chi connectivity index (χ0v) is 21.6. The minimum absolute atomic E-state index is 0.0860. The van der Waals surface area contributed by atoms with E-state index in [4.69, 9.17) is 18.9 Å². The van der Waals surface area contributed by atoms with E-state index in [1.165, 1.54) is 4.90 Å². The van der Waals surface area contributed by atoms with E-state index < -0.39 is 66.4 Å². The van der Waals surface area contributed by atoms with Gasteiger partial charge in [0.15, 0.2) is 0 Å². The van der Waals surface area contributed by atoms with Crippen LogP contribution in [0.15, 0.2) is 12.7 Å². The summed E-state index contributed by atoms with van der Waals surface area (Å²) < 4.78 is 21.4. The molecule has 0 spiro atoms. The Hall–Kier alpha value is -2.42. The van der Waals surface area contributed by atoms with Gasteiger partial charge in [-0.25, -0.2) is 0 Å². The number of carbonyl (C=O) groups is 4. The van der Waals surface area contributed by atoms with E-state index in [2.05, 4.69) is 6.58 Å². The Balaban J connectivity index is 5.86. The molecular weight excluding hydrogens is 430 g/mol. The molecule has 0 amide bonds. The maximum atomic E-state index is 13.0. The molecule has 0 heterocycles. The average Bonchev–Trinajstić information content (AvgIpc) is 2.54. The molecule has 9 heteroatoms. The third-order valence-electron chi connectivity index (χ3n) is 3.58. The van der Waals surface area contributed by atoms with Gasteiger partial charge < -0.3 is 18.9 Å². The van der Waals surface area contributed by atoms with Crippen molar-refractivity contribution in [1.29, 1.82) is 0 Å². The molecule has 33 heavy (non-hydrogen) atoms. The quantitative estimate of drug-likeness (QED) is 0.255. The molecule has 0 saturated heterocycles. The van der Waals surface area contributed by atoms with Crippen LogP contribution in [-0.4, -0.2) is 71.3 Å². The van der Waals surface area contributed by atoms with Crippen molar-refractivity contribution < 1.29 is 38.1 Å². The molecule has 0 aromatic carbocycles. The van der Waals surface area contributed by atoms with Crippen molar-refractivity contribution in [3.8, 4) is 0 Å². The van der Waals surface area contributed by atoms with Crippen molar-refractivity contribution >= 4 is 23.9 Å². The monoisotopic (exact) mass is 471 g/mol. The van der Waals surface area contributed by atoms with Gasteiger partial charge in [-0.15, -0.1) is 6.58 Å². The van der Waals surface area contributed by atoms with Crippen molar-refractivity contribution in [3.63, 3.8) is 0 Å². The normalized spacial score (nSPS) is 13.2. The van der Waals surface area contributed by atoms with E-state index in [0.717, 1.165) is 0 Å². The predicted octanol–water partition coefficient (Wildman–Crippen LogP) is 3.19. The first-order valence-corrected chi connectivity index (χ1v) is 11.0. The molecule has 1 atom stereocenters. The van der Waals surface area contributed by atoms with Crippen LogP contribution in [0.4, 0.5) is 0 Å². The molecule has 190 valence electrons. The Morgan fingerprint density at radius 3 is 1.55 bits per heavy atom. The first-order chi connectivity index (χ1) is 14.8. The Kier molecular flexibility index (Phi) is 11.8. The highest BCUT2D eigenvalue weighted by atomic mass is 16.6. The fourth-order valence-electron chi connectivity index (χ4n) is 2.51. The van der Waals surface area contributed by atoms with E-state index in [0.29, 0.717) is 6.42 Å². The second-order valence-corrected chi connectivity index (χ2v) is 10.6. The summed E-state index contributed by atoms with van der Waals surface area (Å²) in [6, 6.07) is -1.23. The summed E-state index contributed by atoms with van der Waals surface area (Å²) in [4.78, 5) is 51.3. The molecule has 0 aliphatic rings. The Morgan fingerprint density at radius 1 is 0.758 bits per heavy atom. The summed E-state index contributed by atoms with van der Waals surface area (Å²) in [5.74, 6) is -2.60. The van der Waals surface area contributed by atoms with Crippen molar-refractivity contribution in [2.45, 2.75) is 98.0 Å². The highest BCUT2D eigenvalue weighted by Gasteiger charge is 2.36. The van der Waals surface area contributed by atoms with Crippen LogP contribution in [0.1, 0.15) is 75.2 Å². The first kappa shape index (κ1) is 30.6. The summed E-state index contributed by atoms with van der Waals surface area (Å²) in [5.41, 5.74) is -2.38. The molecule has 0 radical (unpaired) electrons. The molecular formula is C24H41NO8. The number of ether oxygens (including phenoxy) is 4. The standard InChI is InChI=1S/C24H41NO8/c1-11-12-13-18(26)30-16-17(21(29)33-24(8,9)10)25(14-19(27)31-22(2,3)4)15-20(28)32-23(5,6)7/h11,17H,1,12-16H2,2-10H3/t17-/m0/s1. The second kappa shape index (κ2) is 12.7. The molecule has 0 aliphatic heterocycles. The third-order valence-corrected chi connectivity index (χ3v) is 3.58. The van der Waals surface area contributed by atoms with E-state index in [-0.39, 0.29) is 6.42 Å². The Labute approximate surface area is 197 Å². The molecule has 0 aliphatic carbocycles. The number of hydrogen-bond donors (Lipinski definition) is 0. The van der Waals surface area contributed by atoms with E-state index in [9.17, 15) is 19.2 Å². The van der Waals surface area contributed by atoms with Gasteiger partial charge in [-0.3, -0.25) is 24.1 Å². The number of esters is 4. The smallest absolute Gasteiger partial charge is 0.327 e. The predicted molar refractivity (Wildman–Crippen MR) is 123 cm³/mol. The lowest BCUT2D eigenvalue weighted by atomic mass is 10.1. The van der Waals surface area contributed by atoms with Crippen molar-refractivity contribution in [3.05, 3.63) is 12.7 Å². The Bertz CT molecular complexity index is 665. The molecule has 0 saturated carbocycles. The molecule has 0 rings (SSSR count). The van der Waals surface area contributed by atoms with Crippen molar-refractivity contribution in [2.75, 3.05) is 19.7 Å². The molecule has 0 aromatic heterocycles. The number of allylic oxidation sites excluding steroid dienone is 1. The summed E-state index contributed by atoms with van der Waals surface area (Å²) >= 11 is 0. The van der Waals surface area contributed by atoms with Crippen molar-refractivity contribution in [2.24, 2.45) is 0 Å². The lowest BCUT2D eigenvalue weighted by Crippen LogP contribution is -2.52. The SMILES string of the molecule is C=CCCC(=O)OC[C@@H](C(=O)OC(C)(C)C)N(CC(=O)OC(C)(C)C)CC(=O)OC(C)(C)C. The lowest BCUT2D eigenvalue weighted by molar-refractivity contribution is -0.170. The van der Waals surface area contributed by atoms with Crippen LogP contribution in [0, 0.1) is 0 Å². The van der Waals surface area contributed by atoms with Gasteiger partial charge >= 0.3 is 23.9 Å². The second-order valence-electron chi connectivity index (χ2n) is 10.6. The topological polar surface area (TPSA) is 108 Å². The summed E-state index contributed by atoms with van der Waals surface area (Å²) in [5, 5.41) is 0. The van der Waals surface area contributed by atoms with Crippen LogP contribution < -0.4 is 0 Å². The van der Waals surface area contributed by atoms with Crippen LogP contribution in [0.25, 0.3) is 0 Å². The number of rotatable bonds is 11. The van der Waals surface area contributed by atoms with Crippen molar-refractivity contribution in [1.82, 2.24) is 4.90 Å². The average molecular weight is 472 g/mol. The maximum absolute atomic E-state index is 13.0. The molecule has 0 N–H and O–H groups in total. The zero-order valence-electron chi connectivity index (χ0n) is 21.6. The summed E-state index contributed by atoms with van der Waals surface area (Å²) in [6.07, 6.45) is 2.07. The fraction of sp³-hybridized carbons (Fsp3) is 0.750. The van der Waals surface area contributed by atoms with Gasteiger partial charge in [0.25, 0.3) is 0 Å². The van der Waals surface area contributed by atoms with Crippen LogP contribution in [0.5, 0.6) is 0 Å². The number of nitrogens with zero attached hydrogens (tertiary/aromatic N) is 1. The third kappa shape index (κ3) is 15.9. The zero-order chi connectivity index (χ0) is 26.0. The summed E-state index contributed by atoms with van der Waals surface area (Å²) in [7, 11) is 0. The highest BCUT2D eigenvalue weighted by molar-refractivity contribution is 5.81. The highest BCUT2D eigenvalue weighted by Crippen LogP contribution is 2.16. The van der Waals surface area contributed by atoms with Crippen LogP contribution in [0.2, 0.25) is 0 Å². The van der Waals surface area contributed by atoms with Gasteiger partial charge in [0.05, 0.1) is 13.1 Å². The van der Waals surface area contributed by atoms with Gasteiger partial charge in [0.2, 0.25) is 0 Å². The van der Waals surface area contributed by atoms with E-state index >= 15 is 0 Å². The lowest BCUT2D eigenvalue weighted by Gasteiger charge is -2.32. The van der Waals surface area contributed by atoms with Gasteiger partial charge in [-0.2, -0.15) is 0 Å². The number of hydrogen-bond acceptors (Lipinski definition) is 9. The minimum atomic E-state index is -1.23. The van der Waals surface area contributed by atoms with Crippen LogP contribution in [0.3, 0.4) is 0 Å². The first-order valence-electron chi connectivity index (χ1n) is 11.0. The van der Waals surface area contributed by atoms with E-state index in [1.54, 1.807) is 68.4 Å². The van der Waals surface area contributed by atoms with Gasteiger partial charge in [-0.1, -0.05) is 6.08 Å². The molecule has 0 bridgehead atoms. The largest absolute Gasteiger partial charge is 0.463 e. The van der Waals surface area contributed by atoms with Gasteiger partial charge in [-0.05, 0) is 68.7 Å². The van der Waals surface area contributed by atoms with Gasteiger partial charge in [0, 0.05) is 6.42 Å². The van der Waals surface area contributed by atoms with Crippen LogP contribution >= 0.6 is 0 Å². The Morgan fingerprint density at radius 2 is 1.18 bits per heavy atom. The summed E-state index contributed by atoms with van der Waals surface area (Å²) in [6.45, 7) is 17.6. The maximum Gasteiger partial charge on any atom is 0.327 e. The minimum Gasteiger partial charge on any atom is -0.463 e. The van der Waals surface area contributed by atoms with Gasteiger partial charge in [0.1, 0.15) is 29.5 Å². The molecule has 9 nitrogen and oxygen atoms in total. The van der Waals surface area contributed by atoms with E-state index in [1.807, 2.05) is 0 Å². The fourth-order valence-corrected chi connectivity index (χ4v) is 2.51. The van der Waals surface area contributed by atoms with Crippen LogP contribution in [-0.2, 0) is 38.1 Å².